The predicted octanol–water partition coefficient (Wildman–Crippen LogP) is 0.774. The van der Waals surface area contributed by atoms with E-state index >= 15 is 0 Å². The quantitative estimate of drug-likeness (QED) is 0.794. The lowest BCUT2D eigenvalue weighted by atomic mass is 10.5. The standard InChI is InChI=1S/C8H8ClN5/c9-6-1-2-8(11-4-6)14-5-12-7(3-10)13-14/h1-2,4-5H,3,10H2. The van der Waals surface area contributed by atoms with Gasteiger partial charge < -0.3 is 5.73 Å². The maximum absolute atomic E-state index is 5.70. The van der Waals surface area contributed by atoms with E-state index in [1.165, 1.54) is 0 Å². The van der Waals surface area contributed by atoms with Gasteiger partial charge in [0.1, 0.15) is 6.33 Å². The molecule has 0 saturated heterocycles. The molecule has 0 spiro atoms. The Kier molecular flexibility index (Phi) is 2.43. The summed E-state index contributed by atoms with van der Waals surface area (Å²) in [6.45, 7) is 0.320. The number of halogens is 1. The molecule has 0 bridgehead atoms. The number of nitrogens with two attached hydrogens (primary N) is 1. The lowest BCUT2D eigenvalue weighted by Gasteiger charge is -1.97. The second-order valence-corrected chi connectivity index (χ2v) is 3.08. The van der Waals surface area contributed by atoms with E-state index in [0.717, 1.165) is 0 Å². The minimum atomic E-state index is 0.320. The molecular weight excluding hydrogens is 202 g/mol. The van der Waals surface area contributed by atoms with Gasteiger partial charge in [0.25, 0.3) is 0 Å². The summed E-state index contributed by atoms with van der Waals surface area (Å²) in [4.78, 5) is 8.07. The highest BCUT2D eigenvalue weighted by molar-refractivity contribution is 6.30. The first-order valence-corrected chi connectivity index (χ1v) is 4.40. The van der Waals surface area contributed by atoms with Gasteiger partial charge in [-0.1, -0.05) is 11.6 Å². The third-order valence-electron chi connectivity index (χ3n) is 1.67. The molecular formula is C8H8ClN5. The molecule has 0 amide bonds. The summed E-state index contributed by atoms with van der Waals surface area (Å²) in [5.41, 5.74) is 5.39. The summed E-state index contributed by atoms with van der Waals surface area (Å²) < 4.78 is 1.55. The van der Waals surface area contributed by atoms with E-state index in [1.807, 2.05) is 0 Å². The molecule has 2 N–H and O–H groups in total. The van der Waals surface area contributed by atoms with Crippen molar-refractivity contribution in [1.29, 1.82) is 0 Å². The van der Waals surface area contributed by atoms with Crippen molar-refractivity contribution in [1.82, 2.24) is 19.7 Å². The Morgan fingerprint density at radius 3 is 2.79 bits per heavy atom. The molecule has 6 heteroatoms. The van der Waals surface area contributed by atoms with Gasteiger partial charge in [-0.2, -0.15) is 0 Å². The Morgan fingerprint density at radius 2 is 2.21 bits per heavy atom. The van der Waals surface area contributed by atoms with Gasteiger partial charge in [-0.3, -0.25) is 0 Å². The van der Waals surface area contributed by atoms with Crippen LogP contribution in [0.15, 0.2) is 24.7 Å². The number of pyridine rings is 1. The number of aromatic nitrogens is 4. The van der Waals surface area contributed by atoms with Crippen LogP contribution in [0.1, 0.15) is 5.82 Å². The molecule has 2 aromatic heterocycles. The first kappa shape index (κ1) is 9.11. The van der Waals surface area contributed by atoms with Crippen molar-refractivity contribution in [2.24, 2.45) is 5.73 Å². The molecule has 0 saturated carbocycles. The van der Waals surface area contributed by atoms with Crippen molar-refractivity contribution in [2.45, 2.75) is 6.54 Å². The van der Waals surface area contributed by atoms with Crippen molar-refractivity contribution in [2.75, 3.05) is 0 Å². The summed E-state index contributed by atoms with van der Waals surface area (Å²) >= 11 is 5.70. The first-order chi connectivity index (χ1) is 6.79. The van der Waals surface area contributed by atoms with E-state index < -0.39 is 0 Å². The second-order valence-electron chi connectivity index (χ2n) is 2.64. The molecule has 0 aromatic carbocycles. The smallest absolute Gasteiger partial charge is 0.164 e. The van der Waals surface area contributed by atoms with Gasteiger partial charge >= 0.3 is 0 Å². The molecule has 0 fully saturated rings. The lowest BCUT2D eigenvalue weighted by Crippen LogP contribution is -2.02. The van der Waals surface area contributed by atoms with Crippen LogP contribution in [0.4, 0.5) is 0 Å². The average molecular weight is 210 g/mol. The second kappa shape index (κ2) is 3.73. The van der Waals surface area contributed by atoms with E-state index in [-0.39, 0.29) is 0 Å². The Hall–Kier alpha value is -1.46. The largest absolute Gasteiger partial charge is 0.324 e. The van der Waals surface area contributed by atoms with Gasteiger partial charge in [0.15, 0.2) is 11.6 Å². The van der Waals surface area contributed by atoms with Crippen molar-refractivity contribution >= 4 is 11.6 Å². The van der Waals surface area contributed by atoms with Crippen molar-refractivity contribution in [3.8, 4) is 5.82 Å². The fourth-order valence-corrected chi connectivity index (χ4v) is 1.12. The predicted molar refractivity (Wildman–Crippen MR) is 52.1 cm³/mol. The van der Waals surface area contributed by atoms with Gasteiger partial charge in [0.05, 0.1) is 11.6 Å². The number of nitrogens with zero attached hydrogens (tertiary/aromatic N) is 4. The molecule has 0 aliphatic rings. The number of hydrogen-bond acceptors (Lipinski definition) is 4. The number of hydrogen-bond donors (Lipinski definition) is 1. The minimum absolute atomic E-state index is 0.320. The van der Waals surface area contributed by atoms with Crippen molar-refractivity contribution in [3.05, 3.63) is 35.5 Å². The Bertz CT molecular complexity index is 422. The Labute approximate surface area is 85.5 Å². The molecule has 0 radical (unpaired) electrons. The Morgan fingerprint density at radius 1 is 1.36 bits per heavy atom. The van der Waals surface area contributed by atoms with Crippen LogP contribution in [0.2, 0.25) is 5.02 Å². The molecule has 0 aliphatic heterocycles. The van der Waals surface area contributed by atoms with Crippen LogP contribution in [0.3, 0.4) is 0 Å². The van der Waals surface area contributed by atoms with Crippen LogP contribution in [0.5, 0.6) is 0 Å². The van der Waals surface area contributed by atoms with E-state index in [1.54, 1.807) is 29.3 Å². The highest BCUT2D eigenvalue weighted by atomic mass is 35.5. The van der Waals surface area contributed by atoms with E-state index in [0.29, 0.717) is 23.2 Å². The van der Waals surface area contributed by atoms with Crippen LogP contribution >= 0.6 is 11.6 Å². The summed E-state index contributed by atoms with van der Waals surface area (Å²) in [5, 5.41) is 4.69. The molecule has 0 unspecified atom stereocenters. The highest BCUT2D eigenvalue weighted by Gasteiger charge is 2.01. The normalized spacial score (nSPS) is 10.4. The highest BCUT2D eigenvalue weighted by Crippen LogP contribution is 2.08. The lowest BCUT2D eigenvalue weighted by molar-refractivity contribution is 0.809. The monoisotopic (exact) mass is 209 g/mol. The molecule has 2 rings (SSSR count). The molecule has 5 nitrogen and oxygen atoms in total. The van der Waals surface area contributed by atoms with E-state index in [2.05, 4.69) is 15.1 Å². The number of rotatable bonds is 2. The first-order valence-electron chi connectivity index (χ1n) is 4.02. The van der Waals surface area contributed by atoms with Gasteiger partial charge in [-0.15, -0.1) is 5.10 Å². The van der Waals surface area contributed by atoms with E-state index in [9.17, 15) is 0 Å². The van der Waals surface area contributed by atoms with Crippen molar-refractivity contribution < 1.29 is 0 Å². The topological polar surface area (TPSA) is 69.6 Å². The van der Waals surface area contributed by atoms with E-state index in [4.69, 9.17) is 17.3 Å². The zero-order valence-electron chi connectivity index (χ0n) is 7.26. The maximum atomic E-state index is 5.70. The summed E-state index contributed by atoms with van der Waals surface area (Å²) in [6.07, 6.45) is 3.12. The minimum Gasteiger partial charge on any atom is -0.324 e. The molecule has 2 heterocycles. The Balaban J connectivity index is 2.34. The molecule has 0 atom stereocenters. The van der Waals surface area contributed by atoms with Gasteiger partial charge in [0, 0.05) is 6.20 Å². The summed E-state index contributed by atoms with van der Waals surface area (Å²) in [6, 6.07) is 3.50. The SMILES string of the molecule is NCc1ncn(-c2ccc(Cl)cn2)n1. The van der Waals surface area contributed by atoms with Crippen LogP contribution < -0.4 is 5.73 Å². The van der Waals surface area contributed by atoms with Crippen LogP contribution in [-0.2, 0) is 6.54 Å². The van der Waals surface area contributed by atoms with Gasteiger partial charge in [-0.05, 0) is 12.1 Å². The molecule has 72 valence electrons. The molecule has 0 aliphatic carbocycles. The summed E-state index contributed by atoms with van der Waals surface area (Å²) in [7, 11) is 0. The fourth-order valence-electron chi connectivity index (χ4n) is 1.00. The molecule has 14 heavy (non-hydrogen) atoms. The van der Waals surface area contributed by atoms with Crippen LogP contribution in [0, 0.1) is 0 Å². The maximum Gasteiger partial charge on any atom is 0.164 e. The zero-order valence-corrected chi connectivity index (χ0v) is 8.02. The third kappa shape index (κ3) is 1.73. The zero-order chi connectivity index (χ0) is 9.97. The fraction of sp³-hybridized carbons (Fsp3) is 0.125. The van der Waals surface area contributed by atoms with Crippen LogP contribution in [0.25, 0.3) is 5.82 Å². The summed E-state index contributed by atoms with van der Waals surface area (Å²) in [5.74, 6) is 1.25. The van der Waals surface area contributed by atoms with Gasteiger partial charge in [-0.25, -0.2) is 14.6 Å². The van der Waals surface area contributed by atoms with Gasteiger partial charge in [0.2, 0.25) is 0 Å². The third-order valence-corrected chi connectivity index (χ3v) is 1.89. The van der Waals surface area contributed by atoms with Crippen LogP contribution in [-0.4, -0.2) is 19.7 Å². The van der Waals surface area contributed by atoms with Crippen molar-refractivity contribution in [3.63, 3.8) is 0 Å². The molecule has 2 aromatic rings. The average Bonchev–Trinajstić information content (AvgIpc) is 2.67.